The van der Waals surface area contributed by atoms with Gasteiger partial charge in [0.1, 0.15) is 11.5 Å². The van der Waals surface area contributed by atoms with Crippen LogP contribution in [0.1, 0.15) is 33.8 Å². The molecule has 4 rings (SSSR count). The molecule has 0 bridgehead atoms. The molecule has 31 heavy (non-hydrogen) atoms. The number of amides is 1. The van der Waals surface area contributed by atoms with E-state index in [1.54, 1.807) is 41.4 Å². The molecule has 3 aromatic rings. The van der Waals surface area contributed by atoms with Crippen LogP contribution >= 0.6 is 11.3 Å². The SMILES string of the molecule is CCc1nc(CN2CCN(C(=O)c3nn(-c4ccccc4F)c(C)cc3=O)CC2)cs1. The molecule has 2 aromatic heterocycles. The van der Waals surface area contributed by atoms with Crippen LogP contribution in [0.4, 0.5) is 4.39 Å². The molecule has 1 fully saturated rings. The lowest BCUT2D eigenvalue weighted by molar-refractivity contribution is 0.0618. The Morgan fingerprint density at radius 3 is 2.61 bits per heavy atom. The summed E-state index contributed by atoms with van der Waals surface area (Å²) in [6.45, 7) is 6.89. The quantitative estimate of drug-likeness (QED) is 0.609. The number of carbonyl (C=O) groups is 1. The summed E-state index contributed by atoms with van der Waals surface area (Å²) in [6.07, 6.45) is 0.931. The molecule has 3 heterocycles. The van der Waals surface area contributed by atoms with E-state index >= 15 is 0 Å². The molecule has 0 atom stereocenters. The van der Waals surface area contributed by atoms with Gasteiger partial charge in [0.25, 0.3) is 5.91 Å². The fourth-order valence-corrected chi connectivity index (χ4v) is 4.37. The molecule has 1 saturated heterocycles. The second-order valence-corrected chi connectivity index (χ2v) is 8.46. The Morgan fingerprint density at radius 1 is 1.19 bits per heavy atom. The molecule has 0 spiro atoms. The number of thiazole rings is 1. The predicted octanol–water partition coefficient (Wildman–Crippen LogP) is 2.66. The van der Waals surface area contributed by atoms with Crippen molar-refractivity contribution in [2.24, 2.45) is 0 Å². The number of hydrogen-bond donors (Lipinski definition) is 0. The van der Waals surface area contributed by atoms with Gasteiger partial charge in [-0.1, -0.05) is 19.1 Å². The van der Waals surface area contributed by atoms with Crippen molar-refractivity contribution >= 4 is 17.2 Å². The minimum absolute atomic E-state index is 0.186. The smallest absolute Gasteiger partial charge is 0.278 e. The topological polar surface area (TPSA) is 71.3 Å². The van der Waals surface area contributed by atoms with E-state index < -0.39 is 17.2 Å². The maximum atomic E-state index is 14.2. The Morgan fingerprint density at radius 2 is 1.94 bits per heavy atom. The number of benzene rings is 1. The molecular weight excluding hydrogens is 417 g/mol. The highest BCUT2D eigenvalue weighted by Crippen LogP contribution is 2.16. The number of piperazine rings is 1. The van der Waals surface area contributed by atoms with Crippen LogP contribution < -0.4 is 5.43 Å². The number of para-hydroxylation sites is 1. The van der Waals surface area contributed by atoms with Gasteiger partial charge in [-0.15, -0.1) is 11.3 Å². The Hall–Kier alpha value is -2.91. The van der Waals surface area contributed by atoms with Crippen molar-refractivity contribution in [2.45, 2.75) is 26.8 Å². The molecule has 0 N–H and O–H groups in total. The van der Waals surface area contributed by atoms with Crippen LogP contribution in [0.15, 0.2) is 40.5 Å². The second-order valence-electron chi connectivity index (χ2n) is 7.52. The normalized spacial score (nSPS) is 14.7. The zero-order valence-corrected chi connectivity index (χ0v) is 18.4. The zero-order valence-electron chi connectivity index (χ0n) is 17.5. The van der Waals surface area contributed by atoms with Gasteiger partial charge in [-0.2, -0.15) is 5.10 Å². The Bertz CT molecular complexity index is 1150. The molecule has 9 heteroatoms. The number of aromatic nitrogens is 3. The molecule has 0 saturated carbocycles. The summed E-state index contributed by atoms with van der Waals surface area (Å²) < 4.78 is 15.6. The van der Waals surface area contributed by atoms with E-state index in [9.17, 15) is 14.0 Å². The van der Waals surface area contributed by atoms with Crippen LogP contribution in [0.5, 0.6) is 0 Å². The van der Waals surface area contributed by atoms with E-state index in [0.29, 0.717) is 31.9 Å². The van der Waals surface area contributed by atoms with Crippen LogP contribution in [0.3, 0.4) is 0 Å². The predicted molar refractivity (Wildman–Crippen MR) is 117 cm³/mol. The summed E-state index contributed by atoms with van der Waals surface area (Å²) in [4.78, 5) is 34.0. The number of nitrogens with zero attached hydrogens (tertiary/aromatic N) is 5. The highest BCUT2D eigenvalue weighted by atomic mass is 32.1. The van der Waals surface area contributed by atoms with E-state index in [-0.39, 0.29) is 11.4 Å². The monoisotopic (exact) mass is 441 g/mol. The van der Waals surface area contributed by atoms with Crippen molar-refractivity contribution in [2.75, 3.05) is 26.2 Å². The maximum absolute atomic E-state index is 14.2. The zero-order chi connectivity index (χ0) is 22.0. The molecule has 0 radical (unpaired) electrons. The van der Waals surface area contributed by atoms with Crippen molar-refractivity contribution in [3.05, 3.63) is 73.8 Å². The lowest BCUT2D eigenvalue weighted by Gasteiger charge is -2.34. The first-order chi connectivity index (χ1) is 15.0. The number of halogens is 1. The Labute approximate surface area is 183 Å². The first-order valence-corrected chi connectivity index (χ1v) is 11.1. The largest absolute Gasteiger partial charge is 0.335 e. The van der Waals surface area contributed by atoms with Crippen LogP contribution in [0, 0.1) is 12.7 Å². The average Bonchev–Trinajstić information content (AvgIpc) is 3.22. The van der Waals surface area contributed by atoms with Gasteiger partial charge in [-0.25, -0.2) is 14.1 Å². The minimum atomic E-state index is -0.470. The van der Waals surface area contributed by atoms with Crippen molar-refractivity contribution in [3.63, 3.8) is 0 Å². The van der Waals surface area contributed by atoms with E-state index in [1.807, 2.05) is 0 Å². The van der Waals surface area contributed by atoms with Crippen molar-refractivity contribution in [1.29, 1.82) is 0 Å². The van der Waals surface area contributed by atoms with Crippen molar-refractivity contribution < 1.29 is 9.18 Å². The van der Waals surface area contributed by atoms with Gasteiger partial charge in [-0.05, 0) is 25.5 Å². The standard InChI is InChI=1S/C22H24FN5O2S/c1-3-20-24-16(14-31-20)13-26-8-10-27(11-9-26)22(30)21-19(29)12-15(2)28(25-21)18-7-5-4-6-17(18)23/h4-7,12,14H,3,8-11,13H2,1-2H3. The fraction of sp³-hybridized carbons (Fsp3) is 0.364. The van der Waals surface area contributed by atoms with Crippen LogP contribution in [0.2, 0.25) is 0 Å². The third kappa shape index (κ3) is 4.57. The Balaban J connectivity index is 1.48. The van der Waals surface area contributed by atoms with Gasteiger partial charge in [-0.3, -0.25) is 14.5 Å². The summed E-state index contributed by atoms with van der Waals surface area (Å²) in [5.41, 5.74) is 1.08. The number of aryl methyl sites for hydroxylation is 2. The average molecular weight is 442 g/mol. The molecule has 0 unspecified atom stereocenters. The fourth-order valence-electron chi connectivity index (χ4n) is 3.63. The van der Waals surface area contributed by atoms with Gasteiger partial charge in [0.15, 0.2) is 5.69 Å². The van der Waals surface area contributed by atoms with Gasteiger partial charge in [0.05, 0.1) is 10.7 Å². The third-order valence-electron chi connectivity index (χ3n) is 5.34. The number of rotatable bonds is 5. The second kappa shape index (κ2) is 9.07. The third-order valence-corrected chi connectivity index (χ3v) is 6.38. The lowest BCUT2D eigenvalue weighted by Crippen LogP contribution is -2.49. The molecule has 0 aliphatic carbocycles. The highest BCUT2D eigenvalue weighted by molar-refractivity contribution is 7.09. The van der Waals surface area contributed by atoms with Gasteiger partial charge in [0, 0.05) is 49.9 Å². The Kier molecular flexibility index (Phi) is 6.24. The molecule has 1 aliphatic rings. The summed E-state index contributed by atoms with van der Waals surface area (Å²) in [5.74, 6) is -0.890. The summed E-state index contributed by atoms with van der Waals surface area (Å²) in [7, 11) is 0. The summed E-state index contributed by atoms with van der Waals surface area (Å²) in [5, 5.41) is 7.43. The maximum Gasteiger partial charge on any atom is 0.278 e. The summed E-state index contributed by atoms with van der Waals surface area (Å²) >= 11 is 1.67. The van der Waals surface area contributed by atoms with Crippen molar-refractivity contribution in [1.82, 2.24) is 24.6 Å². The van der Waals surface area contributed by atoms with Gasteiger partial charge >= 0.3 is 0 Å². The van der Waals surface area contributed by atoms with E-state index in [2.05, 4.69) is 27.3 Å². The van der Waals surface area contributed by atoms with Crippen LogP contribution in [-0.2, 0) is 13.0 Å². The summed E-state index contributed by atoms with van der Waals surface area (Å²) in [6, 6.07) is 7.48. The van der Waals surface area contributed by atoms with E-state index in [1.165, 1.54) is 16.8 Å². The van der Waals surface area contributed by atoms with Crippen LogP contribution in [-0.4, -0.2) is 56.7 Å². The molecule has 1 aliphatic heterocycles. The number of hydrogen-bond acceptors (Lipinski definition) is 6. The first kappa shape index (κ1) is 21.3. The van der Waals surface area contributed by atoms with E-state index in [4.69, 9.17) is 0 Å². The van der Waals surface area contributed by atoms with Gasteiger partial charge in [0.2, 0.25) is 5.43 Å². The molecule has 7 nitrogen and oxygen atoms in total. The highest BCUT2D eigenvalue weighted by Gasteiger charge is 2.26. The molecule has 1 amide bonds. The minimum Gasteiger partial charge on any atom is -0.335 e. The lowest BCUT2D eigenvalue weighted by atomic mass is 10.2. The molecule has 1 aromatic carbocycles. The van der Waals surface area contributed by atoms with Crippen molar-refractivity contribution in [3.8, 4) is 5.69 Å². The first-order valence-electron chi connectivity index (χ1n) is 10.3. The molecule has 162 valence electrons. The van der Waals surface area contributed by atoms with E-state index in [0.717, 1.165) is 23.7 Å². The van der Waals surface area contributed by atoms with Gasteiger partial charge < -0.3 is 4.90 Å². The number of carbonyl (C=O) groups excluding carboxylic acids is 1. The van der Waals surface area contributed by atoms with Crippen LogP contribution in [0.25, 0.3) is 5.69 Å². The molecular formula is C22H24FN5O2S.